The predicted octanol–water partition coefficient (Wildman–Crippen LogP) is 1.89. The summed E-state index contributed by atoms with van der Waals surface area (Å²) in [6, 6.07) is 0.191. The van der Waals surface area contributed by atoms with Crippen molar-refractivity contribution < 1.29 is 4.79 Å². The molecular weight excluding hydrogens is 218 g/mol. The molecule has 0 aliphatic rings. The van der Waals surface area contributed by atoms with E-state index in [9.17, 15) is 4.79 Å². The fourth-order valence-corrected chi connectivity index (χ4v) is 0.962. The van der Waals surface area contributed by atoms with E-state index in [1.165, 1.54) is 0 Å². The monoisotopic (exact) mass is 231 g/mol. The molecule has 0 aromatic carbocycles. The average Bonchev–Trinajstić information content (AvgIpc) is 2.03. The lowest BCUT2D eigenvalue weighted by molar-refractivity contribution is -0.116. The summed E-state index contributed by atoms with van der Waals surface area (Å²) in [5, 5.41) is 2.79. The van der Waals surface area contributed by atoms with E-state index in [0.29, 0.717) is 5.92 Å². The highest BCUT2D eigenvalue weighted by Crippen LogP contribution is 2.05. The van der Waals surface area contributed by atoms with Crippen LogP contribution >= 0.6 is 15.9 Å². The molecule has 0 saturated carbocycles. The number of hydrogen-bond donors (Lipinski definition) is 1. The molecular formula is C9H14BrNO. The molecule has 2 unspecified atom stereocenters. The Morgan fingerprint density at radius 1 is 1.58 bits per heavy atom. The topological polar surface area (TPSA) is 29.1 Å². The molecule has 0 aromatic heterocycles. The second-order valence-electron chi connectivity index (χ2n) is 2.87. The molecule has 0 bridgehead atoms. The first-order chi connectivity index (χ1) is 5.61. The van der Waals surface area contributed by atoms with Crippen molar-refractivity contribution >= 4 is 21.8 Å². The smallest absolute Gasteiger partial charge is 0.296 e. The van der Waals surface area contributed by atoms with E-state index in [0.717, 1.165) is 6.42 Å². The summed E-state index contributed by atoms with van der Waals surface area (Å²) < 4.78 is 0. The van der Waals surface area contributed by atoms with Gasteiger partial charge in [-0.3, -0.25) is 4.79 Å². The highest BCUT2D eigenvalue weighted by atomic mass is 79.9. The lowest BCUT2D eigenvalue weighted by atomic mass is 10.0. The van der Waals surface area contributed by atoms with Gasteiger partial charge in [0, 0.05) is 27.9 Å². The van der Waals surface area contributed by atoms with Crippen molar-refractivity contribution in [1.29, 1.82) is 0 Å². The minimum Gasteiger partial charge on any atom is -0.343 e. The third kappa shape index (κ3) is 4.40. The SMILES string of the molecule is CCC(C)C(C)NC(=O)C#CBr. The number of halogens is 1. The summed E-state index contributed by atoms with van der Waals surface area (Å²) >= 11 is 2.87. The van der Waals surface area contributed by atoms with Crippen molar-refractivity contribution in [2.45, 2.75) is 33.2 Å². The van der Waals surface area contributed by atoms with E-state index in [4.69, 9.17) is 0 Å². The van der Waals surface area contributed by atoms with Crippen molar-refractivity contribution in [3.8, 4) is 10.8 Å². The number of carbonyl (C=O) groups excluding carboxylic acids is 1. The van der Waals surface area contributed by atoms with Gasteiger partial charge in [0.05, 0.1) is 0 Å². The van der Waals surface area contributed by atoms with Crippen LogP contribution in [0.4, 0.5) is 0 Å². The highest BCUT2D eigenvalue weighted by Gasteiger charge is 2.10. The molecule has 0 rings (SSSR count). The standard InChI is InChI=1S/C9H14BrNO/c1-4-7(2)8(3)11-9(12)5-6-10/h7-8H,4H2,1-3H3,(H,11,12). The van der Waals surface area contributed by atoms with Crippen LogP contribution in [0.15, 0.2) is 0 Å². The molecule has 2 nitrogen and oxygen atoms in total. The Morgan fingerprint density at radius 2 is 2.17 bits per heavy atom. The zero-order chi connectivity index (χ0) is 9.56. The highest BCUT2D eigenvalue weighted by molar-refractivity contribution is 9.12. The van der Waals surface area contributed by atoms with Gasteiger partial charge in [-0.25, -0.2) is 0 Å². The Kier molecular flexibility index (Phi) is 5.83. The van der Waals surface area contributed by atoms with Crippen LogP contribution in [0, 0.1) is 16.7 Å². The summed E-state index contributed by atoms with van der Waals surface area (Å²) in [5.74, 6) is 2.64. The largest absolute Gasteiger partial charge is 0.343 e. The van der Waals surface area contributed by atoms with Gasteiger partial charge in [0.25, 0.3) is 5.91 Å². The number of amides is 1. The first-order valence-corrected chi connectivity index (χ1v) is 4.83. The van der Waals surface area contributed by atoms with E-state index in [1.54, 1.807) is 0 Å². The molecule has 0 aromatic rings. The van der Waals surface area contributed by atoms with Crippen LogP contribution in [-0.2, 0) is 4.79 Å². The Morgan fingerprint density at radius 3 is 2.58 bits per heavy atom. The minimum atomic E-state index is -0.223. The van der Waals surface area contributed by atoms with Gasteiger partial charge in [0.15, 0.2) is 0 Å². The van der Waals surface area contributed by atoms with Gasteiger partial charge in [-0.2, -0.15) is 0 Å². The maximum absolute atomic E-state index is 11.0. The van der Waals surface area contributed by atoms with Crippen LogP contribution in [-0.4, -0.2) is 11.9 Å². The number of rotatable bonds is 3. The van der Waals surface area contributed by atoms with Crippen LogP contribution in [0.5, 0.6) is 0 Å². The average molecular weight is 232 g/mol. The molecule has 0 heterocycles. The number of hydrogen-bond acceptors (Lipinski definition) is 1. The number of carbonyl (C=O) groups is 1. The van der Waals surface area contributed by atoms with Gasteiger partial charge >= 0.3 is 0 Å². The predicted molar refractivity (Wildman–Crippen MR) is 53.8 cm³/mol. The summed E-state index contributed by atoms with van der Waals surface area (Å²) in [7, 11) is 0. The zero-order valence-corrected chi connectivity index (χ0v) is 9.23. The van der Waals surface area contributed by atoms with E-state index in [2.05, 4.69) is 45.8 Å². The van der Waals surface area contributed by atoms with Crippen LogP contribution in [0.2, 0.25) is 0 Å². The molecule has 0 aliphatic heterocycles. The molecule has 0 fully saturated rings. The van der Waals surface area contributed by atoms with Crippen LogP contribution in [0.3, 0.4) is 0 Å². The Hall–Kier alpha value is -0.490. The van der Waals surface area contributed by atoms with Gasteiger partial charge in [-0.15, -0.1) is 0 Å². The summed E-state index contributed by atoms with van der Waals surface area (Å²) in [6.07, 6.45) is 1.06. The van der Waals surface area contributed by atoms with Crippen LogP contribution in [0.25, 0.3) is 0 Å². The maximum Gasteiger partial charge on any atom is 0.296 e. The fraction of sp³-hybridized carbons (Fsp3) is 0.667. The lowest BCUT2D eigenvalue weighted by Gasteiger charge is -2.17. The summed E-state index contributed by atoms with van der Waals surface area (Å²) in [4.78, 5) is 13.3. The molecule has 68 valence electrons. The molecule has 3 heteroatoms. The van der Waals surface area contributed by atoms with Crippen LogP contribution < -0.4 is 5.32 Å². The van der Waals surface area contributed by atoms with E-state index >= 15 is 0 Å². The van der Waals surface area contributed by atoms with Crippen molar-refractivity contribution in [2.24, 2.45) is 5.92 Å². The van der Waals surface area contributed by atoms with Crippen molar-refractivity contribution in [2.75, 3.05) is 0 Å². The summed E-state index contributed by atoms with van der Waals surface area (Å²) in [5.41, 5.74) is 0. The molecule has 12 heavy (non-hydrogen) atoms. The molecule has 0 aliphatic carbocycles. The first-order valence-electron chi connectivity index (χ1n) is 4.04. The molecule has 2 atom stereocenters. The van der Waals surface area contributed by atoms with Gasteiger partial charge in [0.2, 0.25) is 0 Å². The quantitative estimate of drug-likeness (QED) is 0.739. The first kappa shape index (κ1) is 11.5. The van der Waals surface area contributed by atoms with E-state index in [1.807, 2.05) is 6.92 Å². The Labute approximate surface area is 82.2 Å². The third-order valence-electron chi connectivity index (χ3n) is 2.02. The zero-order valence-electron chi connectivity index (χ0n) is 7.65. The van der Waals surface area contributed by atoms with Crippen molar-refractivity contribution in [3.05, 3.63) is 0 Å². The van der Waals surface area contributed by atoms with Crippen LogP contribution in [0.1, 0.15) is 27.2 Å². The molecule has 1 N–H and O–H groups in total. The Balaban J connectivity index is 3.88. The van der Waals surface area contributed by atoms with Crippen molar-refractivity contribution in [1.82, 2.24) is 5.32 Å². The third-order valence-corrected chi connectivity index (χ3v) is 2.22. The molecule has 0 spiro atoms. The van der Waals surface area contributed by atoms with E-state index < -0.39 is 0 Å². The van der Waals surface area contributed by atoms with Gasteiger partial charge < -0.3 is 5.32 Å². The summed E-state index contributed by atoms with van der Waals surface area (Å²) in [6.45, 7) is 6.19. The fourth-order valence-electron chi connectivity index (χ4n) is 0.782. The van der Waals surface area contributed by atoms with Gasteiger partial charge in [-0.1, -0.05) is 20.3 Å². The molecule has 0 saturated heterocycles. The minimum absolute atomic E-state index is 0.191. The van der Waals surface area contributed by atoms with Gasteiger partial charge in [0.1, 0.15) is 0 Å². The van der Waals surface area contributed by atoms with Gasteiger partial charge in [-0.05, 0) is 17.7 Å². The molecule has 1 amide bonds. The second-order valence-corrected chi connectivity index (χ2v) is 3.26. The lowest BCUT2D eigenvalue weighted by Crippen LogP contribution is -2.35. The van der Waals surface area contributed by atoms with E-state index in [-0.39, 0.29) is 11.9 Å². The van der Waals surface area contributed by atoms with Crippen molar-refractivity contribution in [3.63, 3.8) is 0 Å². The number of nitrogens with one attached hydrogen (secondary N) is 1. The maximum atomic E-state index is 11.0. The Bertz CT molecular complexity index is 204. The second kappa shape index (κ2) is 6.07. The normalized spacial score (nSPS) is 14.0. The molecule has 0 radical (unpaired) electrons.